The number of hydrogen-bond acceptors (Lipinski definition) is 6. The van der Waals surface area contributed by atoms with Crippen molar-refractivity contribution >= 4 is 34.7 Å². The fourth-order valence-electron chi connectivity index (χ4n) is 2.55. The van der Waals surface area contributed by atoms with Crippen molar-refractivity contribution in [2.24, 2.45) is 0 Å². The predicted octanol–water partition coefficient (Wildman–Crippen LogP) is 4.69. The molecule has 0 saturated carbocycles. The smallest absolute Gasteiger partial charge is 0.293 e. The van der Waals surface area contributed by atoms with Gasteiger partial charge in [-0.15, -0.1) is 0 Å². The molecule has 8 heteroatoms. The zero-order chi connectivity index (χ0) is 18.7. The van der Waals surface area contributed by atoms with Crippen LogP contribution in [0.5, 0.6) is 0 Å². The van der Waals surface area contributed by atoms with Gasteiger partial charge in [0.25, 0.3) is 16.8 Å². The number of rotatable bonds is 6. The van der Waals surface area contributed by atoms with Gasteiger partial charge in [-0.2, -0.15) is 0 Å². The maximum Gasteiger partial charge on any atom is 0.293 e. The van der Waals surface area contributed by atoms with E-state index in [2.05, 4.69) is 0 Å². The third-order valence-electron chi connectivity index (χ3n) is 3.88. The van der Waals surface area contributed by atoms with Crippen molar-refractivity contribution in [1.29, 1.82) is 0 Å². The molecule has 1 saturated heterocycles. The van der Waals surface area contributed by atoms with Gasteiger partial charge in [0.1, 0.15) is 11.5 Å². The lowest BCUT2D eigenvalue weighted by molar-refractivity contribution is -0.384. The number of furan rings is 1. The first kappa shape index (κ1) is 17.9. The lowest BCUT2D eigenvalue weighted by Gasteiger charge is -2.10. The highest BCUT2D eigenvalue weighted by atomic mass is 32.2. The SMILES string of the molecule is CCCCN1C(=O)S/C(=C/c2ccc(-c3ccccc3[N+](=O)[O-])o2)C1=O. The molecule has 1 aromatic heterocycles. The quantitative estimate of drug-likeness (QED) is 0.415. The molecule has 7 nitrogen and oxygen atoms in total. The van der Waals surface area contributed by atoms with Gasteiger partial charge in [-0.1, -0.05) is 25.5 Å². The van der Waals surface area contributed by atoms with E-state index in [1.54, 1.807) is 30.3 Å². The van der Waals surface area contributed by atoms with Gasteiger partial charge in [0.05, 0.1) is 15.4 Å². The molecule has 0 radical (unpaired) electrons. The molecule has 0 atom stereocenters. The van der Waals surface area contributed by atoms with Crippen molar-refractivity contribution < 1.29 is 18.9 Å². The van der Waals surface area contributed by atoms with Crippen LogP contribution in [0.4, 0.5) is 10.5 Å². The summed E-state index contributed by atoms with van der Waals surface area (Å²) in [6.07, 6.45) is 3.14. The lowest BCUT2D eigenvalue weighted by Crippen LogP contribution is -2.29. The zero-order valence-electron chi connectivity index (χ0n) is 14.0. The van der Waals surface area contributed by atoms with E-state index in [0.29, 0.717) is 23.6 Å². The van der Waals surface area contributed by atoms with Crippen LogP contribution in [-0.2, 0) is 4.79 Å². The number of nitrogens with zero attached hydrogens (tertiary/aromatic N) is 2. The van der Waals surface area contributed by atoms with E-state index in [4.69, 9.17) is 4.42 Å². The molecule has 2 amide bonds. The summed E-state index contributed by atoms with van der Waals surface area (Å²) in [7, 11) is 0. The first-order chi connectivity index (χ1) is 12.5. The van der Waals surface area contributed by atoms with Crippen LogP contribution in [0.15, 0.2) is 45.7 Å². The Kier molecular flexibility index (Phi) is 5.22. The van der Waals surface area contributed by atoms with Crippen molar-refractivity contribution in [1.82, 2.24) is 4.90 Å². The molecule has 0 bridgehead atoms. The van der Waals surface area contributed by atoms with Gasteiger partial charge >= 0.3 is 0 Å². The number of unbranched alkanes of at least 4 members (excludes halogenated alkanes) is 1. The summed E-state index contributed by atoms with van der Waals surface area (Å²) in [6.45, 7) is 2.39. The number of imide groups is 1. The highest BCUT2D eigenvalue weighted by Gasteiger charge is 2.34. The van der Waals surface area contributed by atoms with E-state index < -0.39 is 4.92 Å². The maximum absolute atomic E-state index is 12.3. The fraction of sp³-hybridized carbons (Fsp3) is 0.222. The molecule has 26 heavy (non-hydrogen) atoms. The van der Waals surface area contributed by atoms with Crippen LogP contribution in [0.3, 0.4) is 0 Å². The third kappa shape index (κ3) is 3.55. The van der Waals surface area contributed by atoms with Crippen molar-refractivity contribution in [3.63, 3.8) is 0 Å². The second-order valence-corrected chi connectivity index (χ2v) is 6.66. The number of para-hydroxylation sites is 1. The summed E-state index contributed by atoms with van der Waals surface area (Å²) in [6, 6.07) is 9.49. The monoisotopic (exact) mass is 372 g/mol. The van der Waals surface area contributed by atoms with Crippen molar-refractivity contribution in [3.05, 3.63) is 57.2 Å². The molecule has 3 rings (SSSR count). The molecule has 1 aromatic carbocycles. The minimum atomic E-state index is -0.476. The van der Waals surface area contributed by atoms with Gasteiger partial charge in [0.2, 0.25) is 0 Å². The van der Waals surface area contributed by atoms with E-state index in [1.807, 2.05) is 6.92 Å². The van der Waals surface area contributed by atoms with Crippen molar-refractivity contribution in [2.75, 3.05) is 6.54 Å². The van der Waals surface area contributed by atoms with Crippen LogP contribution in [0.25, 0.3) is 17.4 Å². The number of carbonyl (C=O) groups excluding carboxylic acids is 2. The van der Waals surface area contributed by atoms with Gasteiger partial charge < -0.3 is 4.42 Å². The van der Waals surface area contributed by atoms with Gasteiger partial charge in [0, 0.05) is 18.7 Å². The number of amides is 2. The Balaban J connectivity index is 1.85. The van der Waals surface area contributed by atoms with Crippen LogP contribution >= 0.6 is 11.8 Å². The first-order valence-corrected chi connectivity index (χ1v) is 8.92. The van der Waals surface area contributed by atoms with Crippen molar-refractivity contribution in [2.45, 2.75) is 19.8 Å². The average molecular weight is 372 g/mol. The summed E-state index contributed by atoms with van der Waals surface area (Å²) >= 11 is 0.870. The molecule has 2 heterocycles. The Morgan fingerprint density at radius 2 is 2.00 bits per heavy atom. The summed E-state index contributed by atoms with van der Waals surface area (Å²) in [5.41, 5.74) is 0.293. The van der Waals surface area contributed by atoms with Gasteiger partial charge in [-0.25, -0.2) is 0 Å². The Morgan fingerprint density at radius 1 is 1.23 bits per heavy atom. The largest absolute Gasteiger partial charge is 0.456 e. The molecular formula is C18H16N2O5S. The van der Waals surface area contributed by atoms with Gasteiger partial charge in [-0.05, 0) is 36.4 Å². The Morgan fingerprint density at radius 3 is 2.73 bits per heavy atom. The van der Waals surface area contributed by atoms with E-state index in [9.17, 15) is 19.7 Å². The Bertz CT molecular complexity index is 902. The summed E-state index contributed by atoms with van der Waals surface area (Å²) in [4.78, 5) is 36.5. The minimum Gasteiger partial charge on any atom is -0.456 e. The molecule has 134 valence electrons. The molecule has 1 aliphatic heterocycles. The fourth-order valence-corrected chi connectivity index (χ4v) is 3.40. The third-order valence-corrected chi connectivity index (χ3v) is 4.78. The van der Waals surface area contributed by atoms with Crippen LogP contribution in [-0.4, -0.2) is 27.5 Å². The van der Waals surface area contributed by atoms with E-state index in [-0.39, 0.29) is 21.7 Å². The number of benzene rings is 1. The minimum absolute atomic E-state index is 0.0618. The van der Waals surface area contributed by atoms with Crippen molar-refractivity contribution in [3.8, 4) is 11.3 Å². The lowest BCUT2D eigenvalue weighted by atomic mass is 10.1. The normalized spacial score (nSPS) is 15.9. The number of thioether (sulfide) groups is 1. The summed E-state index contributed by atoms with van der Waals surface area (Å²) < 4.78 is 5.65. The molecule has 0 unspecified atom stereocenters. The van der Waals surface area contributed by atoms with Crippen LogP contribution in [0.2, 0.25) is 0 Å². The summed E-state index contributed by atoms with van der Waals surface area (Å²) in [5, 5.41) is 10.9. The van der Waals surface area contributed by atoms with Gasteiger partial charge in [0.15, 0.2) is 0 Å². The standard InChI is InChI=1S/C18H16N2O5S/c1-2-3-10-19-17(21)16(26-18(19)22)11-12-8-9-15(25-12)13-6-4-5-7-14(13)20(23)24/h4-9,11H,2-3,10H2,1H3/b16-11+. The van der Waals surface area contributed by atoms with Gasteiger partial charge in [-0.3, -0.25) is 24.6 Å². The molecule has 1 fully saturated rings. The second kappa shape index (κ2) is 7.57. The zero-order valence-corrected chi connectivity index (χ0v) is 14.8. The number of hydrogen-bond donors (Lipinski definition) is 0. The molecule has 0 aliphatic carbocycles. The Labute approximate surface area is 153 Å². The molecular weight excluding hydrogens is 356 g/mol. The topological polar surface area (TPSA) is 93.7 Å². The maximum atomic E-state index is 12.3. The van der Waals surface area contributed by atoms with E-state index in [0.717, 1.165) is 24.6 Å². The first-order valence-electron chi connectivity index (χ1n) is 8.10. The Hall–Kier alpha value is -2.87. The highest BCUT2D eigenvalue weighted by molar-refractivity contribution is 8.18. The number of nitro groups is 1. The van der Waals surface area contributed by atoms with E-state index in [1.165, 1.54) is 17.0 Å². The van der Waals surface area contributed by atoms with E-state index >= 15 is 0 Å². The van der Waals surface area contributed by atoms with Crippen LogP contribution < -0.4 is 0 Å². The molecule has 1 aliphatic rings. The van der Waals surface area contributed by atoms with Crippen LogP contribution in [0, 0.1) is 10.1 Å². The summed E-state index contributed by atoms with van der Waals surface area (Å²) in [5.74, 6) is 0.352. The predicted molar refractivity (Wildman–Crippen MR) is 98.4 cm³/mol. The van der Waals surface area contributed by atoms with Crippen LogP contribution in [0.1, 0.15) is 25.5 Å². The average Bonchev–Trinajstić information content (AvgIpc) is 3.19. The second-order valence-electron chi connectivity index (χ2n) is 5.66. The molecule has 2 aromatic rings. The molecule has 0 spiro atoms. The number of carbonyl (C=O) groups is 2. The molecule has 0 N–H and O–H groups in total. The number of nitro benzene ring substituents is 1. The highest BCUT2D eigenvalue weighted by Crippen LogP contribution is 2.35.